The molecule has 1 aromatic carbocycles. The third kappa shape index (κ3) is 6.26. The van der Waals surface area contributed by atoms with Gasteiger partial charge in [0.15, 0.2) is 17.3 Å². The lowest BCUT2D eigenvalue weighted by Gasteiger charge is -2.19. The molecule has 1 aliphatic heterocycles. The molecule has 1 aliphatic carbocycles. The van der Waals surface area contributed by atoms with Crippen LogP contribution in [0.25, 0.3) is 0 Å². The van der Waals surface area contributed by atoms with E-state index in [2.05, 4.69) is 20.2 Å². The van der Waals surface area contributed by atoms with E-state index in [1.54, 1.807) is 6.07 Å². The number of nitrogens with zero attached hydrogens (tertiary/aromatic N) is 2. The molecule has 1 fully saturated rings. The summed E-state index contributed by atoms with van der Waals surface area (Å²) in [6.45, 7) is 5.14. The molecule has 186 valence electrons. The Bertz CT molecular complexity index is 1100. The van der Waals surface area contributed by atoms with Crippen LogP contribution in [-0.2, 0) is 14.8 Å². The van der Waals surface area contributed by atoms with E-state index in [9.17, 15) is 13.2 Å². The van der Waals surface area contributed by atoms with Crippen LogP contribution in [0.15, 0.2) is 27.6 Å². The van der Waals surface area contributed by atoms with Crippen molar-refractivity contribution in [2.24, 2.45) is 5.92 Å². The van der Waals surface area contributed by atoms with Gasteiger partial charge in [-0.3, -0.25) is 4.79 Å². The molecule has 1 atom stereocenters. The fourth-order valence-corrected chi connectivity index (χ4v) is 4.80. The monoisotopic (exact) mass is 492 g/mol. The number of sulfonamides is 1. The summed E-state index contributed by atoms with van der Waals surface area (Å²) in [7, 11) is -3.64. The number of nitrogens with one attached hydrogen (secondary N) is 2. The first kappa shape index (κ1) is 24.5. The van der Waals surface area contributed by atoms with E-state index in [4.69, 9.17) is 14.0 Å². The van der Waals surface area contributed by atoms with Gasteiger partial charge >= 0.3 is 0 Å². The molecule has 10 nitrogen and oxygen atoms in total. The van der Waals surface area contributed by atoms with Crippen molar-refractivity contribution in [1.82, 2.24) is 20.2 Å². The van der Waals surface area contributed by atoms with Gasteiger partial charge in [0.25, 0.3) is 0 Å². The van der Waals surface area contributed by atoms with Gasteiger partial charge in [-0.2, -0.15) is 4.98 Å². The molecule has 0 radical (unpaired) electrons. The van der Waals surface area contributed by atoms with E-state index in [0.29, 0.717) is 62.3 Å². The molecule has 2 aliphatic rings. The average molecular weight is 493 g/mol. The fraction of sp³-hybridized carbons (Fsp3) is 0.609. The SMILES string of the molecule is CC(C)C(NC(=O)CCCCCNS(=O)(=O)c1ccc2c(c1)OCCO2)c1nc(C2CC2)no1. The number of hydrogen-bond acceptors (Lipinski definition) is 8. The second-order valence-electron chi connectivity index (χ2n) is 9.07. The quantitative estimate of drug-likeness (QED) is 0.432. The van der Waals surface area contributed by atoms with Crippen LogP contribution in [0.5, 0.6) is 11.5 Å². The minimum absolute atomic E-state index is 0.0817. The molecule has 2 heterocycles. The van der Waals surface area contributed by atoms with Crippen molar-refractivity contribution in [3.63, 3.8) is 0 Å². The topological polar surface area (TPSA) is 133 Å². The van der Waals surface area contributed by atoms with Crippen molar-refractivity contribution >= 4 is 15.9 Å². The van der Waals surface area contributed by atoms with Crippen LogP contribution >= 0.6 is 0 Å². The van der Waals surface area contributed by atoms with Gasteiger partial charge in [0.2, 0.25) is 21.8 Å². The summed E-state index contributed by atoms with van der Waals surface area (Å²) >= 11 is 0. The first-order chi connectivity index (χ1) is 16.3. The summed E-state index contributed by atoms with van der Waals surface area (Å²) in [5, 5.41) is 7.04. The molecular weight excluding hydrogens is 460 g/mol. The standard InChI is InChI=1S/C23H32N4O6S/c1-15(2)21(23-26-22(27-33-23)16-7-8-16)25-20(28)6-4-3-5-11-24-34(29,30)17-9-10-18-19(14-17)32-13-12-31-18/h9-10,14-16,21,24H,3-8,11-13H2,1-2H3,(H,25,28). The molecule has 1 amide bonds. The van der Waals surface area contributed by atoms with Crippen LogP contribution < -0.4 is 19.5 Å². The zero-order valence-electron chi connectivity index (χ0n) is 19.6. The van der Waals surface area contributed by atoms with E-state index >= 15 is 0 Å². The maximum Gasteiger partial charge on any atom is 0.249 e. The largest absolute Gasteiger partial charge is 0.486 e. The first-order valence-corrected chi connectivity index (χ1v) is 13.3. The molecule has 0 saturated heterocycles. The molecule has 1 unspecified atom stereocenters. The predicted octanol–water partition coefficient (Wildman–Crippen LogP) is 3.07. The van der Waals surface area contributed by atoms with E-state index in [0.717, 1.165) is 25.1 Å². The zero-order valence-corrected chi connectivity index (χ0v) is 20.4. The van der Waals surface area contributed by atoms with Gasteiger partial charge in [-0.1, -0.05) is 25.4 Å². The van der Waals surface area contributed by atoms with Crippen LogP contribution in [0.4, 0.5) is 0 Å². The smallest absolute Gasteiger partial charge is 0.249 e. The summed E-state index contributed by atoms with van der Waals surface area (Å²) in [6, 6.07) is 4.27. The molecule has 1 aromatic heterocycles. The number of aromatic nitrogens is 2. The second kappa shape index (κ2) is 10.7. The normalized spacial score (nSPS) is 16.4. The van der Waals surface area contributed by atoms with Crippen molar-refractivity contribution in [3.05, 3.63) is 29.9 Å². The Morgan fingerprint density at radius 2 is 1.88 bits per heavy atom. The molecule has 1 saturated carbocycles. The van der Waals surface area contributed by atoms with E-state index in [1.807, 2.05) is 13.8 Å². The molecule has 4 rings (SSSR count). The number of ether oxygens (including phenoxy) is 2. The number of carbonyl (C=O) groups excluding carboxylic acids is 1. The fourth-order valence-electron chi connectivity index (χ4n) is 3.71. The van der Waals surface area contributed by atoms with Crippen LogP contribution in [0.3, 0.4) is 0 Å². The highest BCUT2D eigenvalue weighted by atomic mass is 32.2. The number of amides is 1. The Labute approximate surface area is 199 Å². The number of benzene rings is 1. The summed E-state index contributed by atoms with van der Waals surface area (Å²) in [5.41, 5.74) is 0. The number of carbonyl (C=O) groups is 1. The highest BCUT2D eigenvalue weighted by molar-refractivity contribution is 7.89. The van der Waals surface area contributed by atoms with Crippen molar-refractivity contribution in [2.45, 2.75) is 69.2 Å². The minimum atomic E-state index is -3.64. The third-order valence-electron chi connectivity index (χ3n) is 5.85. The van der Waals surface area contributed by atoms with E-state index in [1.165, 1.54) is 12.1 Å². The number of fused-ring (bicyclic) bond motifs is 1. The Kier molecular flexibility index (Phi) is 7.72. The number of unbranched alkanes of at least 4 members (excludes halogenated alkanes) is 2. The Hall–Kier alpha value is -2.66. The molecule has 2 N–H and O–H groups in total. The van der Waals surface area contributed by atoms with Crippen LogP contribution in [0, 0.1) is 5.92 Å². The Morgan fingerprint density at radius 1 is 1.12 bits per heavy atom. The van der Waals surface area contributed by atoms with Crippen molar-refractivity contribution in [3.8, 4) is 11.5 Å². The van der Waals surface area contributed by atoms with Crippen molar-refractivity contribution in [2.75, 3.05) is 19.8 Å². The molecule has 0 spiro atoms. The van der Waals surface area contributed by atoms with Gasteiger partial charge in [0.05, 0.1) is 4.90 Å². The van der Waals surface area contributed by atoms with Crippen molar-refractivity contribution in [1.29, 1.82) is 0 Å². The highest BCUT2D eigenvalue weighted by Crippen LogP contribution is 2.38. The molecule has 2 aromatic rings. The van der Waals surface area contributed by atoms with Gasteiger partial charge in [0.1, 0.15) is 19.3 Å². The summed E-state index contributed by atoms with van der Waals surface area (Å²) in [4.78, 5) is 17.1. The molecule has 34 heavy (non-hydrogen) atoms. The maximum atomic E-state index is 12.5. The van der Waals surface area contributed by atoms with Crippen molar-refractivity contribution < 1.29 is 27.2 Å². The molecule has 11 heteroatoms. The maximum absolute atomic E-state index is 12.5. The first-order valence-electron chi connectivity index (χ1n) is 11.9. The van der Waals surface area contributed by atoms with Crippen LogP contribution in [0.1, 0.15) is 76.0 Å². The van der Waals surface area contributed by atoms with Crippen LogP contribution in [0.2, 0.25) is 0 Å². The van der Waals surface area contributed by atoms with Gasteiger partial charge in [-0.05, 0) is 43.7 Å². The average Bonchev–Trinajstić information content (AvgIpc) is 3.56. The number of rotatable bonds is 12. The third-order valence-corrected chi connectivity index (χ3v) is 7.30. The zero-order chi connectivity index (χ0) is 24.1. The van der Waals surface area contributed by atoms with Gasteiger partial charge in [-0.15, -0.1) is 0 Å². The van der Waals surface area contributed by atoms with Gasteiger partial charge in [-0.25, -0.2) is 13.1 Å². The van der Waals surface area contributed by atoms with Gasteiger partial charge < -0.3 is 19.3 Å². The minimum Gasteiger partial charge on any atom is -0.486 e. The highest BCUT2D eigenvalue weighted by Gasteiger charge is 2.31. The van der Waals surface area contributed by atoms with Crippen LogP contribution in [-0.4, -0.2) is 44.2 Å². The second-order valence-corrected chi connectivity index (χ2v) is 10.8. The Morgan fingerprint density at radius 3 is 2.62 bits per heavy atom. The predicted molar refractivity (Wildman–Crippen MR) is 123 cm³/mol. The lowest BCUT2D eigenvalue weighted by Crippen LogP contribution is -2.31. The van der Waals surface area contributed by atoms with E-state index in [-0.39, 0.29) is 22.8 Å². The molecular formula is C23H32N4O6S. The summed E-state index contributed by atoms with van der Waals surface area (Å²) < 4.78 is 43.9. The molecule has 0 bridgehead atoms. The lowest BCUT2D eigenvalue weighted by atomic mass is 10.0. The van der Waals surface area contributed by atoms with E-state index < -0.39 is 10.0 Å². The lowest BCUT2D eigenvalue weighted by molar-refractivity contribution is -0.122. The Balaban J connectivity index is 1.17. The summed E-state index contributed by atoms with van der Waals surface area (Å²) in [6.07, 6.45) is 4.52. The number of hydrogen-bond donors (Lipinski definition) is 2. The van der Waals surface area contributed by atoms with Gasteiger partial charge in [0, 0.05) is 24.9 Å². The summed E-state index contributed by atoms with van der Waals surface area (Å²) in [5.74, 6) is 2.60.